The lowest BCUT2D eigenvalue weighted by atomic mass is 10.1. The number of nitrogens with zero attached hydrogens (tertiary/aromatic N) is 2. The Labute approximate surface area is 129 Å². The Kier molecular flexibility index (Phi) is 8.21. The van der Waals surface area contributed by atoms with Crippen LogP contribution in [0.1, 0.15) is 25.0 Å². The molecule has 116 valence electrons. The summed E-state index contributed by atoms with van der Waals surface area (Å²) in [6, 6.07) is 8.75. The van der Waals surface area contributed by atoms with E-state index in [2.05, 4.69) is 65.2 Å². The predicted octanol–water partition coefficient (Wildman–Crippen LogP) is 2.38. The number of benzene rings is 1. The average Bonchev–Trinajstić information content (AvgIpc) is 2.54. The monoisotopic (exact) mass is 288 g/mol. The standard InChI is InChI=1S/C17H28N4/c1-5-12-19-17(18-4)20-13-15-8-10-16(11-9-15)14-21(6-2)7-3/h5,8-11H,1,6-7,12-14H2,2-4H3,(H2,18,19,20). The van der Waals surface area contributed by atoms with Crippen molar-refractivity contribution in [3.8, 4) is 0 Å². The minimum Gasteiger partial charge on any atom is -0.353 e. The fraction of sp³-hybridized carbons (Fsp3) is 0.471. The van der Waals surface area contributed by atoms with Gasteiger partial charge in [-0.2, -0.15) is 0 Å². The van der Waals surface area contributed by atoms with Crippen LogP contribution in [0.25, 0.3) is 0 Å². The molecule has 0 heterocycles. The minimum absolute atomic E-state index is 0.711. The molecular weight excluding hydrogens is 260 g/mol. The summed E-state index contributed by atoms with van der Waals surface area (Å²) in [5.41, 5.74) is 2.61. The van der Waals surface area contributed by atoms with E-state index in [1.807, 2.05) is 6.08 Å². The topological polar surface area (TPSA) is 39.7 Å². The SMILES string of the molecule is C=CCNC(=NC)NCc1ccc(CN(CC)CC)cc1. The van der Waals surface area contributed by atoms with Gasteiger partial charge in [-0.05, 0) is 24.2 Å². The molecule has 0 aromatic heterocycles. The van der Waals surface area contributed by atoms with Gasteiger partial charge in [0, 0.05) is 26.7 Å². The average molecular weight is 288 g/mol. The maximum Gasteiger partial charge on any atom is 0.191 e. The Morgan fingerprint density at radius 3 is 2.29 bits per heavy atom. The second-order valence-corrected chi connectivity index (χ2v) is 4.87. The van der Waals surface area contributed by atoms with Crippen molar-refractivity contribution in [2.24, 2.45) is 4.99 Å². The van der Waals surface area contributed by atoms with E-state index in [1.165, 1.54) is 11.1 Å². The molecule has 0 saturated heterocycles. The second kappa shape index (κ2) is 10.00. The molecule has 0 spiro atoms. The first-order chi connectivity index (χ1) is 10.2. The summed E-state index contributed by atoms with van der Waals surface area (Å²) in [7, 11) is 1.77. The molecule has 0 saturated carbocycles. The lowest BCUT2D eigenvalue weighted by Gasteiger charge is -2.18. The van der Waals surface area contributed by atoms with Gasteiger partial charge in [0.05, 0.1) is 0 Å². The highest BCUT2D eigenvalue weighted by molar-refractivity contribution is 5.79. The van der Waals surface area contributed by atoms with Gasteiger partial charge >= 0.3 is 0 Å². The lowest BCUT2D eigenvalue weighted by Crippen LogP contribution is -2.36. The second-order valence-electron chi connectivity index (χ2n) is 4.87. The van der Waals surface area contributed by atoms with Crippen molar-refractivity contribution in [1.29, 1.82) is 0 Å². The summed E-state index contributed by atoms with van der Waals surface area (Å²) in [4.78, 5) is 6.57. The van der Waals surface area contributed by atoms with Crippen molar-refractivity contribution < 1.29 is 0 Å². The van der Waals surface area contributed by atoms with Crippen molar-refractivity contribution in [2.45, 2.75) is 26.9 Å². The van der Waals surface area contributed by atoms with Gasteiger partial charge in [0.1, 0.15) is 0 Å². The van der Waals surface area contributed by atoms with Crippen molar-refractivity contribution in [2.75, 3.05) is 26.7 Å². The van der Waals surface area contributed by atoms with Crippen LogP contribution in [0.5, 0.6) is 0 Å². The first kappa shape index (κ1) is 17.2. The van der Waals surface area contributed by atoms with E-state index in [1.54, 1.807) is 7.05 Å². The normalized spacial score (nSPS) is 11.5. The molecule has 4 nitrogen and oxygen atoms in total. The van der Waals surface area contributed by atoms with Crippen molar-refractivity contribution >= 4 is 5.96 Å². The predicted molar refractivity (Wildman–Crippen MR) is 91.5 cm³/mol. The first-order valence-corrected chi connectivity index (χ1v) is 7.59. The van der Waals surface area contributed by atoms with Crippen LogP contribution in [0.15, 0.2) is 41.9 Å². The smallest absolute Gasteiger partial charge is 0.191 e. The summed E-state index contributed by atoms with van der Waals surface area (Å²) in [5, 5.41) is 6.44. The van der Waals surface area contributed by atoms with E-state index in [0.717, 1.165) is 32.1 Å². The lowest BCUT2D eigenvalue weighted by molar-refractivity contribution is 0.296. The highest BCUT2D eigenvalue weighted by atomic mass is 15.2. The van der Waals surface area contributed by atoms with Gasteiger partial charge in [-0.25, -0.2) is 0 Å². The van der Waals surface area contributed by atoms with Gasteiger partial charge in [-0.15, -0.1) is 6.58 Å². The number of hydrogen-bond acceptors (Lipinski definition) is 2. The molecule has 0 bridgehead atoms. The van der Waals surface area contributed by atoms with E-state index in [0.29, 0.717) is 6.54 Å². The molecule has 0 unspecified atom stereocenters. The van der Waals surface area contributed by atoms with Crippen molar-refractivity contribution in [3.63, 3.8) is 0 Å². The fourth-order valence-corrected chi connectivity index (χ4v) is 2.04. The third-order valence-corrected chi connectivity index (χ3v) is 3.42. The Morgan fingerprint density at radius 2 is 1.76 bits per heavy atom. The highest BCUT2D eigenvalue weighted by Crippen LogP contribution is 2.07. The molecule has 0 fully saturated rings. The molecule has 1 aromatic carbocycles. The van der Waals surface area contributed by atoms with Crippen LogP contribution in [-0.4, -0.2) is 37.5 Å². The molecule has 21 heavy (non-hydrogen) atoms. The van der Waals surface area contributed by atoms with Crippen LogP contribution in [0, 0.1) is 0 Å². The Balaban J connectivity index is 2.48. The molecule has 0 amide bonds. The fourth-order valence-electron chi connectivity index (χ4n) is 2.04. The van der Waals surface area contributed by atoms with Gasteiger partial charge in [-0.1, -0.05) is 44.2 Å². The van der Waals surface area contributed by atoms with Gasteiger partial charge in [0.2, 0.25) is 0 Å². The van der Waals surface area contributed by atoms with Crippen molar-refractivity contribution in [3.05, 3.63) is 48.0 Å². The molecule has 0 radical (unpaired) electrons. The van der Waals surface area contributed by atoms with E-state index in [9.17, 15) is 0 Å². The van der Waals surface area contributed by atoms with Crippen LogP contribution in [0.3, 0.4) is 0 Å². The Hall–Kier alpha value is -1.81. The van der Waals surface area contributed by atoms with E-state index in [4.69, 9.17) is 0 Å². The third-order valence-electron chi connectivity index (χ3n) is 3.42. The van der Waals surface area contributed by atoms with E-state index < -0.39 is 0 Å². The zero-order valence-corrected chi connectivity index (χ0v) is 13.5. The van der Waals surface area contributed by atoms with Crippen LogP contribution >= 0.6 is 0 Å². The van der Waals surface area contributed by atoms with Crippen LogP contribution in [0.2, 0.25) is 0 Å². The largest absolute Gasteiger partial charge is 0.353 e. The third kappa shape index (κ3) is 6.45. The number of hydrogen-bond donors (Lipinski definition) is 2. The molecular formula is C17H28N4. The summed E-state index contributed by atoms with van der Waals surface area (Å²) in [6.07, 6.45) is 1.81. The Bertz CT molecular complexity index is 433. The van der Waals surface area contributed by atoms with Crippen LogP contribution in [-0.2, 0) is 13.1 Å². The molecule has 2 N–H and O–H groups in total. The van der Waals surface area contributed by atoms with Crippen LogP contribution in [0.4, 0.5) is 0 Å². The summed E-state index contributed by atoms with van der Waals surface area (Å²) >= 11 is 0. The molecule has 4 heteroatoms. The minimum atomic E-state index is 0.711. The molecule has 0 atom stereocenters. The van der Waals surface area contributed by atoms with Crippen molar-refractivity contribution in [1.82, 2.24) is 15.5 Å². The van der Waals surface area contributed by atoms with Gasteiger partial charge < -0.3 is 10.6 Å². The quantitative estimate of drug-likeness (QED) is 0.438. The summed E-state index contributed by atoms with van der Waals surface area (Å²) < 4.78 is 0. The van der Waals surface area contributed by atoms with E-state index in [-0.39, 0.29) is 0 Å². The van der Waals surface area contributed by atoms with E-state index >= 15 is 0 Å². The maximum absolute atomic E-state index is 4.16. The first-order valence-electron chi connectivity index (χ1n) is 7.59. The number of guanidine groups is 1. The highest BCUT2D eigenvalue weighted by Gasteiger charge is 2.01. The molecule has 1 rings (SSSR count). The molecule has 1 aromatic rings. The zero-order valence-electron chi connectivity index (χ0n) is 13.5. The van der Waals surface area contributed by atoms with Gasteiger partial charge in [0.25, 0.3) is 0 Å². The zero-order chi connectivity index (χ0) is 15.5. The van der Waals surface area contributed by atoms with Gasteiger partial charge in [-0.3, -0.25) is 9.89 Å². The molecule has 0 aliphatic rings. The maximum atomic E-state index is 4.16. The number of rotatable bonds is 8. The van der Waals surface area contributed by atoms with Gasteiger partial charge in [0.15, 0.2) is 5.96 Å². The number of nitrogens with one attached hydrogen (secondary N) is 2. The number of aliphatic imine (C=N–C) groups is 1. The summed E-state index contributed by atoms with van der Waals surface area (Å²) in [6.45, 7) is 12.8. The molecule has 0 aliphatic carbocycles. The molecule has 0 aliphatic heterocycles. The van der Waals surface area contributed by atoms with Crippen LogP contribution < -0.4 is 10.6 Å². The Morgan fingerprint density at radius 1 is 1.14 bits per heavy atom. The summed E-state index contributed by atoms with van der Waals surface area (Å²) in [5.74, 6) is 0.794.